The van der Waals surface area contributed by atoms with Crippen molar-refractivity contribution in [2.75, 3.05) is 18.7 Å². The number of amides is 2. The molecule has 0 saturated heterocycles. The number of carbonyl (C=O) groups is 2. The van der Waals surface area contributed by atoms with Crippen LogP contribution in [0, 0.1) is 0 Å². The molecule has 0 saturated carbocycles. The molecule has 6 heteroatoms. The summed E-state index contributed by atoms with van der Waals surface area (Å²) >= 11 is 0. The highest BCUT2D eigenvalue weighted by Crippen LogP contribution is 2.34. The summed E-state index contributed by atoms with van der Waals surface area (Å²) in [5, 5.41) is 5.19. The van der Waals surface area contributed by atoms with Gasteiger partial charge in [-0.2, -0.15) is 0 Å². The molecule has 3 rings (SSSR count). The van der Waals surface area contributed by atoms with Gasteiger partial charge in [0.1, 0.15) is 0 Å². The molecule has 2 aromatic rings. The molecule has 0 unspecified atom stereocenters. The van der Waals surface area contributed by atoms with Gasteiger partial charge in [0.25, 0.3) is 0 Å². The lowest BCUT2D eigenvalue weighted by Gasteiger charge is -2.07. The first-order valence-electron chi connectivity index (χ1n) is 8.25. The molecule has 2 N–H and O–H groups in total. The third-order valence-electron chi connectivity index (χ3n) is 3.86. The molecule has 0 radical (unpaired) electrons. The Morgan fingerprint density at radius 3 is 2.56 bits per heavy atom. The maximum Gasteiger partial charge on any atom is 0.313 e. The van der Waals surface area contributed by atoms with Gasteiger partial charge in [-0.05, 0) is 37.0 Å². The Morgan fingerprint density at radius 2 is 1.72 bits per heavy atom. The monoisotopic (exact) mass is 340 g/mol. The van der Waals surface area contributed by atoms with Crippen LogP contribution in [-0.4, -0.2) is 25.2 Å². The molecule has 130 valence electrons. The van der Waals surface area contributed by atoms with E-state index in [1.54, 1.807) is 18.2 Å². The Morgan fingerprint density at radius 1 is 0.920 bits per heavy atom. The van der Waals surface area contributed by atoms with E-state index < -0.39 is 11.8 Å². The second kappa shape index (κ2) is 8.19. The highest BCUT2D eigenvalue weighted by Gasteiger charge is 2.17. The van der Waals surface area contributed by atoms with Gasteiger partial charge in [0, 0.05) is 18.3 Å². The zero-order valence-corrected chi connectivity index (χ0v) is 13.8. The van der Waals surface area contributed by atoms with Crippen molar-refractivity contribution in [1.29, 1.82) is 0 Å². The molecule has 0 spiro atoms. The van der Waals surface area contributed by atoms with E-state index >= 15 is 0 Å². The van der Waals surface area contributed by atoms with Crippen molar-refractivity contribution in [2.24, 2.45) is 0 Å². The van der Waals surface area contributed by atoms with Crippen LogP contribution in [-0.2, 0) is 16.0 Å². The maximum atomic E-state index is 11.9. The van der Waals surface area contributed by atoms with Gasteiger partial charge in [0.2, 0.25) is 6.79 Å². The fraction of sp³-hybridized carbons (Fsp3) is 0.263. The van der Waals surface area contributed by atoms with Gasteiger partial charge >= 0.3 is 11.8 Å². The van der Waals surface area contributed by atoms with Crippen molar-refractivity contribution < 1.29 is 19.1 Å². The van der Waals surface area contributed by atoms with Crippen LogP contribution in [0.3, 0.4) is 0 Å². The molecule has 0 fully saturated rings. The van der Waals surface area contributed by atoms with Crippen LogP contribution in [0.25, 0.3) is 0 Å². The quantitative estimate of drug-likeness (QED) is 0.626. The van der Waals surface area contributed by atoms with Gasteiger partial charge in [-0.1, -0.05) is 30.3 Å². The number of carbonyl (C=O) groups excluding carboxylic acids is 2. The van der Waals surface area contributed by atoms with Crippen molar-refractivity contribution >= 4 is 17.5 Å². The van der Waals surface area contributed by atoms with E-state index in [1.165, 1.54) is 5.56 Å². The lowest BCUT2D eigenvalue weighted by Crippen LogP contribution is -2.35. The number of ether oxygens (including phenoxy) is 2. The standard InChI is InChI=1S/C19H20N2O4/c22-18(20-11-5-4-8-14-6-2-1-3-7-14)19(23)21-15-9-10-16-17(12-15)25-13-24-16/h1-3,6-7,9-10,12H,4-5,8,11,13H2,(H,20,22)(H,21,23). The topological polar surface area (TPSA) is 76.7 Å². The molecule has 0 aliphatic carbocycles. The summed E-state index contributed by atoms with van der Waals surface area (Å²) in [6.07, 6.45) is 2.73. The highest BCUT2D eigenvalue weighted by atomic mass is 16.7. The second-order valence-electron chi connectivity index (χ2n) is 5.72. The summed E-state index contributed by atoms with van der Waals surface area (Å²) in [6, 6.07) is 15.2. The Kier molecular flexibility index (Phi) is 5.51. The van der Waals surface area contributed by atoms with Gasteiger partial charge in [0.05, 0.1) is 0 Å². The van der Waals surface area contributed by atoms with E-state index in [9.17, 15) is 9.59 Å². The van der Waals surface area contributed by atoms with Crippen LogP contribution >= 0.6 is 0 Å². The predicted octanol–water partition coefficient (Wildman–Crippen LogP) is 2.49. The summed E-state index contributed by atoms with van der Waals surface area (Å²) in [7, 11) is 0. The molecule has 0 bridgehead atoms. The van der Waals surface area contributed by atoms with E-state index in [0.717, 1.165) is 19.3 Å². The first kappa shape index (κ1) is 16.8. The Hall–Kier alpha value is -3.02. The largest absolute Gasteiger partial charge is 0.454 e. The van der Waals surface area contributed by atoms with Crippen molar-refractivity contribution in [1.82, 2.24) is 5.32 Å². The number of aryl methyl sites for hydroxylation is 1. The van der Waals surface area contributed by atoms with Gasteiger partial charge in [-0.15, -0.1) is 0 Å². The first-order valence-corrected chi connectivity index (χ1v) is 8.25. The van der Waals surface area contributed by atoms with E-state index in [4.69, 9.17) is 9.47 Å². The summed E-state index contributed by atoms with van der Waals surface area (Å²) in [5.41, 5.74) is 1.77. The number of hydrogen-bond donors (Lipinski definition) is 2. The molecule has 2 amide bonds. The average Bonchev–Trinajstić information content (AvgIpc) is 3.10. The van der Waals surface area contributed by atoms with Gasteiger partial charge < -0.3 is 20.1 Å². The Balaban J connectivity index is 1.37. The minimum Gasteiger partial charge on any atom is -0.454 e. The van der Waals surface area contributed by atoms with Crippen molar-refractivity contribution in [3.05, 3.63) is 54.1 Å². The number of hydrogen-bond acceptors (Lipinski definition) is 4. The number of fused-ring (bicyclic) bond motifs is 1. The number of rotatable bonds is 6. The maximum absolute atomic E-state index is 11.9. The number of unbranched alkanes of at least 4 members (excludes halogenated alkanes) is 1. The molecule has 0 atom stereocenters. The van der Waals surface area contributed by atoms with Crippen molar-refractivity contribution in [2.45, 2.75) is 19.3 Å². The minimum atomic E-state index is -0.693. The highest BCUT2D eigenvalue weighted by molar-refractivity contribution is 6.39. The molecule has 6 nitrogen and oxygen atoms in total. The van der Waals surface area contributed by atoms with Gasteiger partial charge in [-0.3, -0.25) is 9.59 Å². The third-order valence-corrected chi connectivity index (χ3v) is 3.86. The normalized spacial score (nSPS) is 11.8. The summed E-state index contributed by atoms with van der Waals surface area (Å²) in [6.45, 7) is 0.635. The SMILES string of the molecule is O=C(NCCCCc1ccccc1)C(=O)Nc1ccc2c(c1)OCO2. The average molecular weight is 340 g/mol. The lowest BCUT2D eigenvalue weighted by molar-refractivity contribution is -0.136. The zero-order valence-electron chi connectivity index (χ0n) is 13.8. The van der Waals surface area contributed by atoms with E-state index in [0.29, 0.717) is 23.7 Å². The van der Waals surface area contributed by atoms with E-state index in [-0.39, 0.29) is 6.79 Å². The summed E-state index contributed by atoms with van der Waals surface area (Å²) in [5.74, 6) is -0.153. The predicted molar refractivity (Wildman–Crippen MR) is 93.6 cm³/mol. The van der Waals surface area contributed by atoms with Crippen LogP contribution in [0.15, 0.2) is 48.5 Å². The van der Waals surface area contributed by atoms with E-state index in [1.807, 2.05) is 18.2 Å². The van der Waals surface area contributed by atoms with Gasteiger partial charge in [-0.25, -0.2) is 0 Å². The molecular formula is C19H20N2O4. The third kappa shape index (κ3) is 4.73. The summed E-state index contributed by atoms with van der Waals surface area (Å²) < 4.78 is 10.4. The van der Waals surface area contributed by atoms with Gasteiger partial charge in [0.15, 0.2) is 11.5 Å². The number of nitrogens with one attached hydrogen (secondary N) is 2. The summed E-state index contributed by atoms with van der Waals surface area (Å²) in [4.78, 5) is 23.7. The number of anilines is 1. The molecule has 25 heavy (non-hydrogen) atoms. The molecule has 1 aliphatic heterocycles. The molecule has 0 aromatic heterocycles. The second-order valence-corrected chi connectivity index (χ2v) is 5.72. The minimum absolute atomic E-state index is 0.163. The number of benzene rings is 2. The van der Waals surface area contributed by atoms with Crippen LogP contribution in [0.1, 0.15) is 18.4 Å². The van der Waals surface area contributed by atoms with Crippen molar-refractivity contribution in [3.8, 4) is 11.5 Å². The zero-order chi connectivity index (χ0) is 17.5. The molecular weight excluding hydrogens is 320 g/mol. The fourth-order valence-corrected chi connectivity index (χ4v) is 2.54. The van der Waals surface area contributed by atoms with E-state index in [2.05, 4.69) is 22.8 Å². The molecule has 2 aromatic carbocycles. The fourth-order valence-electron chi connectivity index (χ4n) is 2.54. The molecule has 1 heterocycles. The molecule has 1 aliphatic rings. The lowest BCUT2D eigenvalue weighted by atomic mass is 10.1. The Bertz CT molecular complexity index is 746. The van der Waals surface area contributed by atoms with Crippen LogP contribution in [0.5, 0.6) is 11.5 Å². The first-order chi connectivity index (χ1) is 12.2. The Labute approximate surface area is 146 Å². The van der Waals surface area contributed by atoms with Crippen LogP contribution in [0.4, 0.5) is 5.69 Å². The smallest absolute Gasteiger partial charge is 0.313 e. The van der Waals surface area contributed by atoms with Crippen molar-refractivity contribution in [3.63, 3.8) is 0 Å². The van der Waals surface area contributed by atoms with Crippen LogP contribution in [0.2, 0.25) is 0 Å². The van der Waals surface area contributed by atoms with Crippen LogP contribution < -0.4 is 20.1 Å².